The van der Waals surface area contributed by atoms with Crippen molar-refractivity contribution in [3.63, 3.8) is 0 Å². The third-order valence-electron chi connectivity index (χ3n) is 2.08. The van der Waals surface area contributed by atoms with Crippen LogP contribution in [0.2, 0.25) is 0 Å². The van der Waals surface area contributed by atoms with Gasteiger partial charge in [-0.05, 0) is 35.9 Å². The summed E-state index contributed by atoms with van der Waals surface area (Å²) in [6.45, 7) is 2.91. The van der Waals surface area contributed by atoms with E-state index in [2.05, 4.69) is 27.8 Å². The van der Waals surface area contributed by atoms with Crippen molar-refractivity contribution in [2.45, 2.75) is 25.9 Å². The van der Waals surface area contributed by atoms with Crippen LogP contribution in [0.25, 0.3) is 0 Å². The molecule has 1 unspecified atom stereocenters. The molecule has 0 aliphatic carbocycles. The average molecular weight is 194 g/mol. The van der Waals surface area contributed by atoms with Crippen molar-refractivity contribution >= 4 is 11.3 Å². The predicted octanol–water partition coefficient (Wildman–Crippen LogP) is 2.48. The van der Waals surface area contributed by atoms with E-state index in [4.69, 9.17) is 5.26 Å². The summed E-state index contributed by atoms with van der Waals surface area (Å²) in [5.74, 6) is 0. The minimum absolute atomic E-state index is 0.0416. The second-order valence-electron chi connectivity index (χ2n) is 3.10. The lowest BCUT2D eigenvalue weighted by molar-refractivity contribution is 0.274. The van der Waals surface area contributed by atoms with Crippen LogP contribution in [0.3, 0.4) is 0 Å². The Balaban J connectivity index is 2.50. The quantitative estimate of drug-likeness (QED) is 0.736. The van der Waals surface area contributed by atoms with Gasteiger partial charge in [-0.15, -0.1) is 0 Å². The zero-order chi connectivity index (χ0) is 9.68. The maximum absolute atomic E-state index is 8.84. The van der Waals surface area contributed by atoms with E-state index in [1.807, 2.05) is 14.0 Å². The van der Waals surface area contributed by atoms with Crippen molar-refractivity contribution in [3.8, 4) is 6.07 Å². The van der Waals surface area contributed by atoms with Crippen LogP contribution < -0.4 is 0 Å². The topological polar surface area (TPSA) is 27.0 Å². The lowest BCUT2D eigenvalue weighted by Crippen LogP contribution is -2.28. The molecule has 1 aromatic rings. The minimum Gasteiger partial charge on any atom is -0.287 e. The molecule has 0 aliphatic rings. The summed E-state index contributed by atoms with van der Waals surface area (Å²) in [6, 6.07) is 4.44. The number of hydrogen-bond acceptors (Lipinski definition) is 3. The summed E-state index contributed by atoms with van der Waals surface area (Å²) >= 11 is 1.70. The Labute approximate surface area is 83.4 Å². The molecule has 2 nitrogen and oxygen atoms in total. The standard InChI is InChI=1S/C10H14N2S/c1-3-10(6-11)12(2)7-9-4-5-13-8-9/h4-5,8,10H,3,7H2,1-2H3. The normalized spacial score (nSPS) is 12.8. The van der Waals surface area contributed by atoms with E-state index in [-0.39, 0.29) is 6.04 Å². The van der Waals surface area contributed by atoms with Gasteiger partial charge in [0.05, 0.1) is 12.1 Å². The van der Waals surface area contributed by atoms with E-state index in [9.17, 15) is 0 Å². The summed E-state index contributed by atoms with van der Waals surface area (Å²) in [5.41, 5.74) is 1.29. The number of thiophene rings is 1. The molecule has 0 fully saturated rings. The second-order valence-corrected chi connectivity index (χ2v) is 3.88. The van der Waals surface area contributed by atoms with E-state index in [1.165, 1.54) is 5.56 Å². The summed E-state index contributed by atoms with van der Waals surface area (Å²) < 4.78 is 0. The summed E-state index contributed by atoms with van der Waals surface area (Å²) in [7, 11) is 2.00. The molecule has 0 saturated carbocycles. The fourth-order valence-electron chi connectivity index (χ4n) is 1.28. The number of nitrogens with zero attached hydrogens (tertiary/aromatic N) is 2. The number of rotatable bonds is 4. The zero-order valence-corrected chi connectivity index (χ0v) is 8.84. The highest BCUT2D eigenvalue weighted by molar-refractivity contribution is 7.07. The molecule has 1 heterocycles. The van der Waals surface area contributed by atoms with Gasteiger partial charge in [-0.25, -0.2) is 0 Å². The first-order chi connectivity index (χ1) is 6.27. The van der Waals surface area contributed by atoms with Gasteiger partial charge in [-0.3, -0.25) is 4.90 Å². The highest BCUT2D eigenvalue weighted by Crippen LogP contribution is 2.11. The number of hydrogen-bond donors (Lipinski definition) is 0. The van der Waals surface area contributed by atoms with Crippen LogP contribution in [0.5, 0.6) is 0 Å². The third kappa shape index (κ3) is 2.83. The SMILES string of the molecule is CCC(C#N)N(C)Cc1ccsc1. The van der Waals surface area contributed by atoms with Crippen LogP contribution in [-0.2, 0) is 6.54 Å². The van der Waals surface area contributed by atoms with Crippen LogP contribution in [0, 0.1) is 11.3 Å². The van der Waals surface area contributed by atoms with Crippen molar-refractivity contribution in [3.05, 3.63) is 22.4 Å². The predicted molar refractivity (Wildman–Crippen MR) is 55.5 cm³/mol. The number of nitriles is 1. The molecule has 0 saturated heterocycles. The van der Waals surface area contributed by atoms with Gasteiger partial charge in [0.15, 0.2) is 0 Å². The molecule has 1 aromatic heterocycles. The van der Waals surface area contributed by atoms with Gasteiger partial charge in [-0.2, -0.15) is 16.6 Å². The molecule has 0 radical (unpaired) electrons. The second kappa shape index (κ2) is 5.00. The summed E-state index contributed by atoms with van der Waals surface area (Å²) in [4.78, 5) is 2.09. The summed E-state index contributed by atoms with van der Waals surface area (Å²) in [5, 5.41) is 13.0. The van der Waals surface area contributed by atoms with Gasteiger partial charge in [0.25, 0.3) is 0 Å². The molecule has 0 bridgehead atoms. The van der Waals surface area contributed by atoms with Gasteiger partial charge in [0, 0.05) is 6.54 Å². The molecular formula is C10H14N2S. The monoisotopic (exact) mass is 194 g/mol. The smallest absolute Gasteiger partial charge is 0.0975 e. The van der Waals surface area contributed by atoms with Crippen molar-refractivity contribution in [1.82, 2.24) is 4.90 Å². The van der Waals surface area contributed by atoms with E-state index in [0.717, 1.165) is 13.0 Å². The van der Waals surface area contributed by atoms with Crippen LogP contribution in [-0.4, -0.2) is 18.0 Å². The Kier molecular flexibility index (Phi) is 3.94. The molecule has 0 spiro atoms. The molecule has 3 heteroatoms. The third-order valence-corrected chi connectivity index (χ3v) is 2.81. The van der Waals surface area contributed by atoms with E-state index >= 15 is 0 Å². The molecule has 1 rings (SSSR count). The lowest BCUT2D eigenvalue weighted by Gasteiger charge is -2.20. The van der Waals surface area contributed by atoms with E-state index in [1.54, 1.807) is 11.3 Å². The first-order valence-corrected chi connectivity index (χ1v) is 5.33. The minimum atomic E-state index is 0.0416. The molecule has 0 aromatic carbocycles. The van der Waals surface area contributed by atoms with Crippen molar-refractivity contribution in [1.29, 1.82) is 5.26 Å². The molecular weight excluding hydrogens is 180 g/mol. The van der Waals surface area contributed by atoms with Crippen molar-refractivity contribution < 1.29 is 0 Å². The Hall–Kier alpha value is -0.850. The van der Waals surface area contributed by atoms with Crippen LogP contribution in [0.1, 0.15) is 18.9 Å². The zero-order valence-electron chi connectivity index (χ0n) is 8.03. The maximum atomic E-state index is 8.84. The Bertz CT molecular complexity index is 274. The van der Waals surface area contributed by atoms with E-state index < -0.39 is 0 Å². The molecule has 1 atom stereocenters. The Morgan fingerprint density at radius 3 is 2.92 bits per heavy atom. The van der Waals surface area contributed by atoms with Crippen LogP contribution in [0.4, 0.5) is 0 Å². The molecule has 0 aliphatic heterocycles. The molecule has 0 amide bonds. The Morgan fingerprint density at radius 1 is 1.69 bits per heavy atom. The van der Waals surface area contributed by atoms with Gasteiger partial charge < -0.3 is 0 Å². The van der Waals surface area contributed by atoms with Crippen LogP contribution >= 0.6 is 11.3 Å². The highest BCUT2D eigenvalue weighted by atomic mass is 32.1. The summed E-state index contributed by atoms with van der Waals surface area (Å²) in [6.07, 6.45) is 0.886. The maximum Gasteiger partial charge on any atom is 0.0975 e. The first kappa shape index (κ1) is 10.2. The lowest BCUT2D eigenvalue weighted by atomic mass is 10.2. The van der Waals surface area contributed by atoms with E-state index in [0.29, 0.717) is 0 Å². The first-order valence-electron chi connectivity index (χ1n) is 4.38. The van der Waals surface area contributed by atoms with Gasteiger partial charge in [0.2, 0.25) is 0 Å². The van der Waals surface area contributed by atoms with Crippen LogP contribution in [0.15, 0.2) is 16.8 Å². The largest absolute Gasteiger partial charge is 0.287 e. The van der Waals surface area contributed by atoms with Gasteiger partial charge in [-0.1, -0.05) is 6.92 Å². The highest BCUT2D eigenvalue weighted by Gasteiger charge is 2.11. The fraction of sp³-hybridized carbons (Fsp3) is 0.500. The average Bonchev–Trinajstić information content (AvgIpc) is 2.59. The Morgan fingerprint density at radius 2 is 2.46 bits per heavy atom. The molecule has 13 heavy (non-hydrogen) atoms. The fourth-order valence-corrected chi connectivity index (χ4v) is 1.94. The van der Waals surface area contributed by atoms with Crippen molar-refractivity contribution in [2.24, 2.45) is 0 Å². The molecule has 0 N–H and O–H groups in total. The van der Waals surface area contributed by atoms with Gasteiger partial charge in [0.1, 0.15) is 0 Å². The molecule has 70 valence electrons. The van der Waals surface area contributed by atoms with Gasteiger partial charge >= 0.3 is 0 Å². The van der Waals surface area contributed by atoms with Crippen molar-refractivity contribution in [2.75, 3.05) is 7.05 Å².